The van der Waals surface area contributed by atoms with E-state index >= 15 is 0 Å². The van der Waals surface area contributed by atoms with Crippen molar-refractivity contribution in [2.75, 3.05) is 12.8 Å². The van der Waals surface area contributed by atoms with Crippen LogP contribution in [-0.4, -0.2) is 21.6 Å². The van der Waals surface area contributed by atoms with Crippen molar-refractivity contribution < 1.29 is 4.74 Å². The Bertz CT molecular complexity index is 802. The summed E-state index contributed by atoms with van der Waals surface area (Å²) in [5, 5.41) is 0.589. The number of nitrogens with two attached hydrogens (primary N) is 1. The molecule has 0 amide bonds. The first-order valence-electron chi connectivity index (χ1n) is 5.74. The molecule has 2 heterocycles. The molecule has 0 saturated carbocycles. The highest BCUT2D eigenvalue weighted by Gasteiger charge is 2.13. The molecule has 0 fully saturated rings. The third-order valence-corrected chi connectivity index (χ3v) is 4.11. The molecule has 0 radical (unpaired) electrons. The predicted octanol–water partition coefficient (Wildman–Crippen LogP) is 3.43. The van der Waals surface area contributed by atoms with E-state index in [9.17, 15) is 0 Å². The molecule has 0 aliphatic rings. The molecule has 0 atom stereocenters. The van der Waals surface area contributed by atoms with E-state index in [1.165, 1.54) is 0 Å². The minimum atomic E-state index is 0.346. The Kier molecular flexibility index (Phi) is 3.27. The highest BCUT2D eigenvalue weighted by atomic mass is 79.9. The van der Waals surface area contributed by atoms with Crippen molar-refractivity contribution in [2.45, 2.75) is 0 Å². The number of hydrogen-bond acceptors (Lipinski definition) is 4. The fourth-order valence-electron chi connectivity index (χ4n) is 1.95. The second-order valence-electron chi connectivity index (χ2n) is 4.10. The van der Waals surface area contributed by atoms with Gasteiger partial charge in [0.05, 0.1) is 17.8 Å². The maximum atomic E-state index is 6.13. The second kappa shape index (κ2) is 4.96. The zero-order valence-corrected chi connectivity index (χ0v) is 12.8. The normalized spacial score (nSPS) is 10.9. The van der Waals surface area contributed by atoms with E-state index in [2.05, 4.69) is 25.9 Å². The summed E-state index contributed by atoms with van der Waals surface area (Å²) in [6.45, 7) is 0. The lowest BCUT2D eigenvalue weighted by Crippen LogP contribution is -2.01. The van der Waals surface area contributed by atoms with E-state index < -0.39 is 0 Å². The largest absolute Gasteiger partial charge is 0.481 e. The summed E-state index contributed by atoms with van der Waals surface area (Å²) >= 11 is 9.49. The molecule has 0 unspecified atom stereocenters. The number of imidazole rings is 1. The standard InChI is InChI=1S/C13H10BrClN4O/c1-20-11-5-4-10-12(18-11)19(13(16)17-10)7-2-3-8(14)9(15)6-7/h2-6H,1H3,(H2,16,17). The fourth-order valence-corrected chi connectivity index (χ4v) is 2.37. The zero-order valence-electron chi connectivity index (χ0n) is 10.5. The Labute approximate surface area is 128 Å². The lowest BCUT2D eigenvalue weighted by Gasteiger charge is -2.07. The van der Waals surface area contributed by atoms with Crippen molar-refractivity contribution in [2.24, 2.45) is 0 Å². The molecule has 2 aromatic heterocycles. The number of rotatable bonds is 2. The average Bonchev–Trinajstić information content (AvgIpc) is 2.77. The van der Waals surface area contributed by atoms with E-state index in [1.54, 1.807) is 23.8 Å². The Morgan fingerprint density at radius 1 is 1.25 bits per heavy atom. The number of ether oxygens (including phenoxy) is 1. The average molecular weight is 354 g/mol. The summed E-state index contributed by atoms with van der Waals surface area (Å²) in [6, 6.07) is 9.09. The zero-order chi connectivity index (χ0) is 14.3. The van der Waals surface area contributed by atoms with Gasteiger partial charge in [0.15, 0.2) is 5.65 Å². The Morgan fingerprint density at radius 2 is 2.05 bits per heavy atom. The molecule has 0 spiro atoms. The van der Waals surface area contributed by atoms with E-state index in [-0.39, 0.29) is 0 Å². The Hall–Kier alpha value is -1.79. The van der Waals surface area contributed by atoms with E-state index in [4.69, 9.17) is 22.1 Å². The number of hydrogen-bond donors (Lipinski definition) is 1. The number of fused-ring (bicyclic) bond motifs is 1. The van der Waals surface area contributed by atoms with E-state index in [0.29, 0.717) is 28.0 Å². The minimum absolute atomic E-state index is 0.346. The second-order valence-corrected chi connectivity index (χ2v) is 5.36. The number of pyridine rings is 1. The maximum absolute atomic E-state index is 6.13. The van der Waals surface area contributed by atoms with E-state index in [0.717, 1.165) is 10.2 Å². The molecule has 2 N–H and O–H groups in total. The Balaban J connectivity index is 2.28. The number of aromatic nitrogens is 3. The van der Waals surface area contributed by atoms with Gasteiger partial charge in [0, 0.05) is 10.5 Å². The molecule has 102 valence electrons. The molecule has 1 aromatic carbocycles. The van der Waals surface area contributed by atoms with Gasteiger partial charge in [0.25, 0.3) is 0 Å². The SMILES string of the molecule is COc1ccc2nc(N)n(-c3ccc(Br)c(Cl)c3)c2n1. The first-order valence-corrected chi connectivity index (χ1v) is 6.91. The number of nitrogens with zero attached hydrogens (tertiary/aromatic N) is 3. The van der Waals surface area contributed by atoms with Gasteiger partial charge in [0.2, 0.25) is 11.8 Å². The van der Waals surface area contributed by atoms with Crippen LogP contribution in [0.15, 0.2) is 34.8 Å². The topological polar surface area (TPSA) is 66.0 Å². The van der Waals surface area contributed by atoms with Gasteiger partial charge in [-0.05, 0) is 40.2 Å². The number of methoxy groups -OCH3 is 1. The van der Waals surface area contributed by atoms with Crippen LogP contribution in [0.3, 0.4) is 0 Å². The van der Waals surface area contributed by atoms with Gasteiger partial charge in [-0.3, -0.25) is 4.57 Å². The van der Waals surface area contributed by atoms with Crippen LogP contribution in [0.4, 0.5) is 5.95 Å². The van der Waals surface area contributed by atoms with Crippen molar-refractivity contribution in [3.05, 3.63) is 39.8 Å². The summed E-state index contributed by atoms with van der Waals surface area (Å²) in [4.78, 5) is 8.67. The van der Waals surface area contributed by atoms with Crippen LogP contribution in [-0.2, 0) is 0 Å². The van der Waals surface area contributed by atoms with Gasteiger partial charge in [-0.2, -0.15) is 4.98 Å². The molecule has 0 aliphatic heterocycles. The third-order valence-electron chi connectivity index (χ3n) is 2.88. The van der Waals surface area contributed by atoms with Crippen LogP contribution in [0.25, 0.3) is 16.9 Å². The third kappa shape index (κ3) is 2.10. The molecule has 3 aromatic rings. The van der Waals surface area contributed by atoms with Crippen molar-refractivity contribution in [1.29, 1.82) is 0 Å². The number of anilines is 1. The van der Waals surface area contributed by atoms with Crippen LogP contribution in [0.5, 0.6) is 5.88 Å². The number of halogens is 2. The Morgan fingerprint density at radius 3 is 2.75 bits per heavy atom. The lowest BCUT2D eigenvalue weighted by molar-refractivity contribution is 0.399. The minimum Gasteiger partial charge on any atom is -0.481 e. The molecule has 0 aliphatic carbocycles. The van der Waals surface area contributed by atoms with Crippen LogP contribution in [0, 0.1) is 0 Å². The van der Waals surface area contributed by atoms with Gasteiger partial charge in [0.1, 0.15) is 5.52 Å². The van der Waals surface area contributed by atoms with Gasteiger partial charge in [-0.25, -0.2) is 4.98 Å². The molecular weight excluding hydrogens is 344 g/mol. The maximum Gasteiger partial charge on any atom is 0.215 e. The van der Waals surface area contributed by atoms with E-state index in [1.807, 2.05) is 18.2 Å². The molecule has 3 rings (SSSR count). The van der Waals surface area contributed by atoms with Crippen molar-refractivity contribution >= 4 is 44.6 Å². The number of benzene rings is 1. The van der Waals surface area contributed by atoms with Crippen molar-refractivity contribution in [3.63, 3.8) is 0 Å². The highest BCUT2D eigenvalue weighted by Crippen LogP contribution is 2.28. The summed E-state index contributed by atoms with van der Waals surface area (Å²) in [5.74, 6) is 0.848. The summed E-state index contributed by atoms with van der Waals surface area (Å²) < 4.78 is 7.69. The first kappa shape index (κ1) is 13.2. The summed E-state index contributed by atoms with van der Waals surface area (Å²) in [7, 11) is 1.56. The fraction of sp³-hybridized carbons (Fsp3) is 0.0769. The van der Waals surface area contributed by atoms with Crippen LogP contribution in [0.2, 0.25) is 5.02 Å². The van der Waals surface area contributed by atoms with Gasteiger partial charge in [-0.1, -0.05) is 11.6 Å². The predicted molar refractivity (Wildman–Crippen MR) is 82.5 cm³/mol. The van der Waals surface area contributed by atoms with Crippen LogP contribution in [0.1, 0.15) is 0 Å². The quantitative estimate of drug-likeness (QED) is 0.766. The molecular formula is C13H10BrClN4O. The smallest absolute Gasteiger partial charge is 0.215 e. The monoisotopic (exact) mass is 352 g/mol. The van der Waals surface area contributed by atoms with Crippen LogP contribution >= 0.6 is 27.5 Å². The first-order chi connectivity index (χ1) is 9.60. The van der Waals surface area contributed by atoms with Gasteiger partial charge < -0.3 is 10.5 Å². The summed E-state index contributed by atoms with van der Waals surface area (Å²) in [6.07, 6.45) is 0. The van der Waals surface area contributed by atoms with Crippen molar-refractivity contribution in [3.8, 4) is 11.6 Å². The van der Waals surface area contributed by atoms with Gasteiger partial charge in [-0.15, -0.1) is 0 Å². The lowest BCUT2D eigenvalue weighted by atomic mass is 10.3. The molecule has 5 nitrogen and oxygen atoms in total. The number of nitrogen functional groups attached to an aromatic ring is 1. The molecule has 0 saturated heterocycles. The van der Waals surface area contributed by atoms with Crippen molar-refractivity contribution in [1.82, 2.24) is 14.5 Å². The van der Waals surface area contributed by atoms with Gasteiger partial charge >= 0.3 is 0 Å². The van der Waals surface area contributed by atoms with Crippen LogP contribution < -0.4 is 10.5 Å². The molecule has 20 heavy (non-hydrogen) atoms. The molecule has 0 bridgehead atoms. The highest BCUT2D eigenvalue weighted by molar-refractivity contribution is 9.10. The summed E-state index contributed by atoms with van der Waals surface area (Å²) in [5.41, 5.74) is 8.09. The molecule has 7 heteroatoms.